The van der Waals surface area contributed by atoms with Crippen molar-refractivity contribution in [1.82, 2.24) is 10.2 Å². The molecular formula is C18H21FN2O2S. The first kappa shape index (κ1) is 17.1. The van der Waals surface area contributed by atoms with Crippen molar-refractivity contribution in [3.63, 3.8) is 0 Å². The summed E-state index contributed by atoms with van der Waals surface area (Å²) < 4.78 is 18.5. The number of benzene rings is 1. The normalized spacial score (nSPS) is 18.1. The van der Waals surface area contributed by atoms with Gasteiger partial charge in [0.1, 0.15) is 5.82 Å². The molecule has 1 aromatic carbocycles. The standard InChI is InChI=1S/C18H21FN2O2S/c1-13(20-18(22)14-4-6-15(19)7-5-14)17(16-3-2-12-24-16)21-8-10-23-11-9-21/h2-7,12-13,17H,8-11H2,1H3,(H,20,22). The lowest BCUT2D eigenvalue weighted by molar-refractivity contribution is 0.00969. The van der Waals surface area contributed by atoms with E-state index in [1.165, 1.54) is 29.1 Å². The highest BCUT2D eigenvalue weighted by atomic mass is 32.1. The number of nitrogens with one attached hydrogen (secondary N) is 1. The van der Waals surface area contributed by atoms with Crippen LogP contribution in [0.2, 0.25) is 0 Å². The van der Waals surface area contributed by atoms with Gasteiger partial charge in [0.15, 0.2) is 0 Å². The number of rotatable bonds is 5. The molecule has 1 aliphatic heterocycles. The zero-order chi connectivity index (χ0) is 16.9. The van der Waals surface area contributed by atoms with E-state index in [0.717, 1.165) is 13.1 Å². The molecule has 2 unspecified atom stereocenters. The number of carbonyl (C=O) groups excluding carboxylic acids is 1. The van der Waals surface area contributed by atoms with Crippen molar-refractivity contribution in [3.8, 4) is 0 Å². The van der Waals surface area contributed by atoms with Gasteiger partial charge in [0.2, 0.25) is 0 Å². The van der Waals surface area contributed by atoms with E-state index in [1.54, 1.807) is 11.3 Å². The van der Waals surface area contributed by atoms with E-state index >= 15 is 0 Å². The van der Waals surface area contributed by atoms with Crippen LogP contribution < -0.4 is 5.32 Å². The van der Waals surface area contributed by atoms with E-state index in [2.05, 4.69) is 21.7 Å². The Morgan fingerprint density at radius 1 is 1.25 bits per heavy atom. The van der Waals surface area contributed by atoms with Gasteiger partial charge in [-0.2, -0.15) is 0 Å². The van der Waals surface area contributed by atoms with Gasteiger partial charge in [-0.05, 0) is 42.6 Å². The van der Waals surface area contributed by atoms with Crippen molar-refractivity contribution in [3.05, 3.63) is 58.0 Å². The lowest BCUT2D eigenvalue weighted by atomic mass is 10.0. The first-order valence-corrected chi connectivity index (χ1v) is 8.95. The molecule has 4 nitrogen and oxygen atoms in total. The topological polar surface area (TPSA) is 41.6 Å². The Hall–Kier alpha value is -1.76. The number of ether oxygens (including phenoxy) is 1. The summed E-state index contributed by atoms with van der Waals surface area (Å²) in [6.07, 6.45) is 0. The van der Waals surface area contributed by atoms with Gasteiger partial charge in [0, 0.05) is 29.6 Å². The molecule has 24 heavy (non-hydrogen) atoms. The maximum absolute atomic E-state index is 13.0. The zero-order valence-electron chi connectivity index (χ0n) is 13.6. The summed E-state index contributed by atoms with van der Waals surface area (Å²) in [6, 6.07) is 9.79. The van der Waals surface area contributed by atoms with Crippen molar-refractivity contribution < 1.29 is 13.9 Å². The first-order valence-electron chi connectivity index (χ1n) is 8.07. The summed E-state index contributed by atoms with van der Waals surface area (Å²) in [5.41, 5.74) is 0.468. The minimum absolute atomic E-state index is 0.0701. The van der Waals surface area contributed by atoms with Crippen molar-refractivity contribution in [1.29, 1.82) is 0 Å². The largest absolute Gasteiger partial charge is 0.379 e. The highest BCUT2D eigenvalue weighted by Gasteiger charge is 2.29. The number of thiophene rings is 1. The molecule has 1 aliphatic rings. The summed E-state index contributed by atoms with van der Waals surface area (Å²) in [5, 5.41) is 5.12. The molecule has 0 spiro atoms. The van der Waals surface area contributed by atoms with Gasteiger partial charge in [-0.1, -0.05) is 6.07 Å². The molecule has 1 aromatic heterocycles. The highest BCUT2D eigenvalue weighted by molar-refractivity contribution is 7.10. The van der Waals surface area contributed by atoms with Crippen LogP contribution in [0.15, 0.2) is 41.8 Å². The van der Waals surface area contributed by atoms with Gasteiger partial charge < -0.3 is 10.1 Å². The Bertz CT molecular complexity index is 654. The molecule has 3 rings (SSSR count). The van der Waals surface area contributed by atoms with Gasteiger partial charge in [0.05, 0.1) is 19.3 Å². The lowest BCUT2D eigenvalue weighted by Crippen LogP contribution is -2.48. The molecule has 6 heteroatoms. The quantitative estimate of drug-likeness (QED) is 0.903. The molecule has 128 valence electrons. The fourth-order valence-corrected chi connectivity index (χ4v) is 3.99. The van der Waals surface area contributed by atoms with Gasteiger partial charge in [-0.3, -0.25) is 9.69 Å². The van der Waals surface area contributed by atoms with E-state index in [0.29, 0.717) is 18.8 Å². The number of amides is 1. The van der Waals surface area contributed by atoms with Crippen LogP contribution in [0.1, 0.15) is 28.2 Å². The van der Waals surface area contributed by atoms with Crippen LogP contribution in [0.5, 0.6) is 0 Å². The van der Waals surface area contributed by atoms with E-state index in [4.69, 9.17) is 4.74 Å². The molecule has 0 saturated carbocycles. The average Bonchev–Trinajstić information content (AvgIpc) is 3.10. The lowest BCUT2D eigenvalue weighted by Gasteiger charge is -2.37. The third-order valence-corrected chi connectivity index (χ3v) is 5.16. The molecular weight excluding hydrogens is 327 g/mol. The minimum Gasteiger partial charge on any atom is -0.379 e. The summed E-state index contributed by atoms with van der Waals surface area (Å²) in [4.78, 5) is 16.0. The maximum Gasteiger partial charge on any atom is 0.251 e. The Kier molecular flexibility index (Phi) is 5.60. The smallest absolute Gasteiger partial charge is 0.251 e. The van der Waals surface area contributed by atoms with Crippen LogP contribution in [-0.2, 0) is 4.74 Å². The molecule has 0 radical (unpaired) electrons. The SMILES string of the molecule is CC(NC(=O)c1ccc(F)cc1)C(c1cccs1)N1CCOCC1. The van der Waals surface area contributed by atoms with E-state index in [9.17, 15) is 9.18 Å². The van der Waals surface area contributed by atoms with Gasteiger partial charge in [-0.25, -0.2) is 4.39 Å². The molecule has 1 fully saturated rings. The highest BCUT2D eigenvalue weighted by Crippen LogP contribution is 2.29. The van der Waals surface area contributed by atoms with Gasteiger partial charge >= 0.3 is 0 Å². The molecule has 1 amide bonds. The summed E-state index contributed by atoms with van der Waals surface area (Å²) in [5.74, 6) is -0.526. The molecule has 2 heterocycles. The Morgan fingerprint density at radius 2 is 1.96 bits per heavy atom. The summed E-state index contributed by atoms with van der Waals surface area (Å²) >= 11 is 1.69. The maximum atomic E-state index is 13.0. The second kappa shape index (κ2) is 7.88. The molecule has 2 aromatic rings. The Balaban J connectivity index is 1.74. The first-order chi connectivity index (χ1) is 11.6. The van der Waals surface area contributed by atoms with Crippen molar-refractivity contribution >= 4 is 17.2 Å². The number of hydrogen-bond donors (Lipinski definition) is 1. The second-order valence-corrected chi connectivity index (χ2v) is 6.86. The predicted molar refractivity (Wildman–Crippen MR) is 92.8 cm³/mol. The fraction of sp³-hybridized carbons (Fsp3) is 0.389. The fourth-order valence-electron chi connectivity index (χ4n) is 3.03. The Morgan fingerprint density at radius 3 is 2.58 bits per heavy atom. The van der Waals surface area contributed by atoms with Crippen LogP contribution in [0.3, 0.4) is 0 Å². The van der Waals surface area contributed by atoms with Crippen LogP contribution in [0.4, 0.5) is 4.39 Å². The number of halogens is 1. The van der Waals surface area contributed by atoms with Crippen LogP contribution in [0.25, 0.3) is 0 Å². The molecule has 0 aliphatic carbocycles. The second-order valence-electron chi connectivity index (χ2n) is 5.88. The van der Waals surface area contributed by atoms with E-state index < -0.39 is 0 Å². The van der Waals surface area contributed by atoms with Crippen molar-refractivity contribution in [2.75, 3.05) is 26.3 Å². The van der Waals surface area contributed by atoms with E-state index in [1.807, 2.05) is 13.0 Å². The van der Waals surface area contributed by atoms with Gasteiger partial charge in [0.25, 0.3) is 5.91 Å². The summed E-state index contributed by atoms with van der Waals surface area (Å²) in [7, 11) is 0. The minimum atomic E-state index is -0.343. The average molecular weight is 348 g/mol. The molecule has 0 bridgehead atoms. The van der Waals surface area contributed by atoms with E-state index in [-0.39, 0.29) is 23.8 Å². The number of nitrogens with zero attached hydrogens (tertiary/aromatic N) is 1. The number of morpholine rings is 1. The van der Waals surface area contributed by atoms with Crippen molar-refractivity contribution in [2.45, 2.75) is 19.0 Å². The predicted octanol–water partition coefficient (Wildman–Crippen LogP) is 3.08. The summed E-state index contributed by atoms with van der Waals surface area (Å²) in [6.45, 7) is 5.13. The molecule has 1 saturated heterocycles. The molecule has 2 atom stereocenters. The Labute approximate surface area is 145 Å². The van der Waals surface area contributed by atoms with Crippen molar-refractivity contribution in [2.24, 2.45) is 0 Å². The van der Waals surface area contributed by atoms with Crippen LogP contribution in [-0.4, -0.2) is 43.2 Å². The van der Waals surface area contributed by atoms with Crippen LogP contribution >= 0.6 is 11.3 Å². The zero-order valence-corrected chi connectivity index (χ0v) is 14.4. The third-order valence-electron chi connectivity index (χ3n) is 4.21. The van der Waals surface area contributed by atoms with Crippen LogP contribution in [0, 0.1) is 5.82 Å². The monoisotopic (exact) mass is 348 g/mol. The number of carbonyl (C=O) groups is 1. The van der Waals surface area contributed by atoms with Gasteiger partial charge in [-0.15, -0.1) is 11.3 Å². The third kappa shape index (κ3) is 4.01. The number of hydrogen-bond acceptors (Lipinski definition) is 4. The molecule has 1 N–H and O–H groups in total.